The van der Waals surface area contributed by atoms with Gasteiger partial charge in [0.15, 0.2) is 0 Å². The third kappa shape index (κ3) is 4.51. The van der Waals surface area contributed by atoms with Gasteiger partial charge in [0, 0.05) is 28.0 Å². The summed E-state index contributed by atoms with van der Waals surface area (Å²) in [4.78, 5) is 13.1. The number of carbonyl (C=O) groups excluding carboxylic acids is 1. The Morgan fingerprint density at radius 2 is 2.25 bits per heavy atom. The lowest BCUT2D eigenvalue weighted by Gasteiger charge is -2.06. The maximum absolute atomic E-state index is 13.5. The Hall–Kier alpha value is -1.04. The smallest absolute Gasteiger partial charge is 0.254 e. The highest BCUT2D eigenvalue weighted by Crippen LogP contribution is 2.17. The van der Waals surface area contributed by atoms with Crippen molar-refractivity contribution in [2.24, 2.45) is 0 Å². The third-order valence-electron chi connectivity index (χ3n) is 2.53. The SMILES string of the molecule is O=C(NCCSCc1cccs1)c1cc(Cl)ccc1F. The highest BCUT2D eigenvalue weighted by atomic mass is 35.5. The van der Waals surface area contributed by atoms with E-state index in [0.29, 0.717) is 11.6 Å². The zero-order valence-electron chi connectivity index (χ0n) is 10.6. The van der Waals surface area contributed by atoms with E-state index >= 15 is 0 Å². The molecule has 2 rings (SSSR count). The molecule has 0 spiro atoms. The van der Waals surface area contributed by atoms with Gasteiger partial charge in [0.2, 0.25) is 0 Å². The summed E-state index contributed by atoms with van der Waals surface area (Å²) in [5, 5.41) is 5.08. The minimum Gasteiger partial charge on any atom is -0.351 e. The van der Waals surface area contributed by atoms with Crippen LogP contribution in [-0.2, 0) is 5.75 Å². The minimum atomic E-state index is -0.557. The second-order valence-corrected chi connectivity index (χ2v) is 6.59. The van der Waals surface area contributed by atoms with E-state index < -0.39 is 11.7 Å². The molecule has 1 aromatic carbocycles. The van der Waals surface area contributed by atoms with Crippen molar-refractivity contribution in [2.45, 2.75) is 5.75 Å². The maximum Gasteiger partial charge on any atom is 0.254 e. The van der Waals surface area contributed by atoms with E-state index in [9.17, 15) is 9.18 Å². The molecular formula is C14H13ClFNOS2. The summed E-state index contributed by atoms with van der Waals surface area (Å²) in [6.45, 7) is 0.501. The first-order valence-corrected chi connectivity index (χ1v) is 8.41. The molecule has 1 N–H and O–H groups in total. The van der Waals surface area contributed by atoms with E-state index in [2.05, 4.69) is 11.4 Å². The Balaban J connectivity index is 1.73. The highest BCUT2D eigenvalue weighted by molar-refractivity contribution is 7.98. The molecule has 1 amide bonds. The Bertz CT molecular complexity index is 575. The molecule has 0 saturated heterocycles. The number of thioether (sulfide) groups is 1. The molecule has 0 unspecified atom stereocenters. The second kappa shape index (κ2) is 7.67. The largest absolute Gasteiger partial charge is 0.351 e. The predicted octanol–water partition coefficient (Wildman–Crippen LogP) is 4.20. The third-order valence-corrected chi connectivity index (χ3v) is 4.83. The van der Waals surface area contributed by atoms with Gasteiger partial charge in [-0.25, -0.2) is 4.39 Å². The Morgan fingerprint density at radius 1 is 1.40 bits per heavy atom. The first-order valence-electron chi connectivity index (χ1n) is 6.00. The van der Waals surface area contributed by atoms with Crippen LogP contribution in [0.2, 0.25) is 5.02 Å². The van der Waals surface area contributed by atoms with Crippen LogP contribution in [0.25, 0.3) is 0 Å². The van der Waals surface area contributed by atoms with E-state index in [-0.39, 0.29) is 5.56 Å². The zero-order valence-corrected chi connectivity index (χ0v) is 13.0. The van der Waals surface area contributed by atoms with Crippen LogP contribution in [0.15, 0.2) is 35.7 Å². The minimum absolute atomic E-state index is 0.0132. The van der Waals surface area contributed by atoms with Gasteiger partial charge in [0.25, 0.3) is 5.91 Å². The van der Waals surface area contributed by atoms with Gasteiger partial charge in [-0.2, -0.15) is 11.8 Å². The number of amides is 1. The zero-order chi connectivity index (χ0) is 14.4. The second-order valence-electron chi connectivity index (χ2n) is 4.01. The van der Waals surface area contributed by atoms with E-state index in [0.717, 1.165) is 11.5 Å². The van der Waals surface area contributed by atoms with Crippen LogP contribution >= 0.6 is 34.7 Å². The van der Waals surface area contributed by atoms with Gasteiger partial charge in [0.05, 0.1) is 5.56 Å². The molecule has 0 atom stereocenters. The number of carbonyl (C=O) groups is 1. The lowest BCUT2D eigenvalue weighted by Crippen LogP contribution is -2.26. The van der Waals surface area contributed by atoms with E-state index in [1.807, 2.05) is 11.4 Å². The normalized spacial score (nSPS) is 10.5. The molecule has 0 bridgehead atoms. The predicted molar refractivity (Wildman–Crippen MR) is 84.2 cm³/mol. The molecule has 2 aromatic rings. The molecule has 0 aliphatic rings. The van der Waals surface area contributed by atoms with Crippen LogP contribution in [0.4, 0.5) is 4.39 Å². The standard InChI is InChI=1S/C14H13ClFNOS2/c15-10-3-4-13(16)12(8-10)14(18)17-5-7-19-9-11-2-1-6-20-11/h1-4,6,8H,5,7,9H2,(H,17,18). The molecule has 0 aliphatic heterocycles. The highest BCUT2D eigenvalue weighted by Gasteiger charge is 2.11. The Kier molecular flexibility index (Phi) is 5.88. The van der Waals surface area contributed by atoms with E-state index in [1.165, 1.54) is 23.1 Å². The van der Waals surface area contributed by atoms with Crippen LogP contribution < -0.4 is 5.32 Å². The molecular weight excluding hydrogens is 317 g/mol. The van der Waals surface area contributed by atoms with Gasteiger partial charge in [-0.1, -0.05) is 17.7 Å². The number of nitrogens with one attached hydrogen (secondary N) is 1. The Labute approximate surface area is 130 Å². The van der Waals surface area contributed by atoms with Crippen LogP contribution in [0.3, 0.4) is 0 Å². The monoisotopic (exact) mass is 329 g/mol. The molecule has 20 heavy (non-hydrogen) atoms. The number of rotatable bonds is 6. The van der Waals surface area contributed by atoms with Gasteiger partial charge in [-0.15, -0.1) is 11.3 Å². The maximum atomic E-state index is 13.5. The van der Waals surface area contributed by atoms with Crippen molar-refractivity contribution in [1.29, 1.82) is 0 Å². The van der Waals surface area contributed by atoms with Gasteiger partial charge in [0.1, 0.15) is 5.82 Å². The quantitative estimate of drug-likeness (QED) is 0.805. The van der Waals surface area contributed by atoms with Crippen LogP contribution in [-0.4, -0.2) is 18.2 Å². The van der Waals surface area contributed by atoms with Crippen molar-refractivity contribution in [3.63, 3.8) is 0 Å². The molecule has 0 fully saturated rings. The van der Waals surface area contributed by atoms with Gasteiger partial charge in [-0.3, -0.25) is 4.79 Å². The summed E-state index contributed by atoms with van der Waals surface area (Å²) in [5.41, 5.74) is -0.0132. The number of halogens is 2. The Morgan fingerprint density at radius 3 is 3.00 bits per heavy atom. The number of hydrogen-bond donors (Lipinski definition) is 1. The molecule has 106 valence electrons. The summed E-state index contributed by atoms with van der Waals surface area (Å²) in [7, 11) is 0. The lowest BCUT2D eigenvalue weighted by atomic mass is 10.2. The van der Waals surface area contributed by atoms with Crippen LogP contribution in [0, 0.1) is 5.82 Å². The van der Waals surface area contributed by atoms with Crippen molar-refractivity contribution >= 4 is 40.6 Å². The molecule has 6 heteroatoms. The summed E-state index contributed by atoms with van der Waals surface area (Å²) in [6, 6.07) is 8.06. The fraction of sp³-hybridized carbons (Fsp3) is 0.214. The fourth-order valence-electron chi connectivity index (χ4n) is 1.57. The fourth-order valence-corrected chi connectivity index (χ4v) is 3.44. The van der Waals surface area contributed by atoms with Crippen LogP contribution in [0.5, 0.6) is 0 Å². The topological polar surface area (TPSA) is 29.1 Å². The molecule has 0 radical (unpaired) electrons. The van der Waals surface area contributed by atoms with E-state index in [1.54, 1.807) is 23.1 Å². The molecule has 1 heterocycles. The van der Waals surface area contributed by atoms with Crippen molar-refractivity contribution < 1.29 is 9.18 Å². The lowest BCUT2D eigenvalue weighted by molar-refractivity contribution is 0.0952. The summed E-state index contributed by atoms with van der Waals surface area (Å²) in [5.74, 6) is 0.727. The van der Waals surface area contributed by atoms with Crippen molar-refractivity contribution in [3.05, 3.63) is 57.0 Å². The van der Waals surface area contributed by atoms with Crippen molar-refractivity contribution in [1.82, 2.24) is 5.32 Å². The van der Waals surface area contributed by atoms with Crippen molar-refractivity contribution in [3.8, 4) is 0 Å². The summed E-state index contributed by atoms with van der Waals surface area (Å²) in [6.07, 6.45) is 0. The van der Waals surface area contributed by atoms with E-state index in [4.69, 9.17) is 11.6 Å². The molecule has 2 nitrogen and oxygen atoms in total. The van der Waals surface area contributed by atoms with Gasteiger partial charge < -0.3 is 5.32 Å². The van der Waals surface area contributed by atoms with Crippen molar-refractivity contribution in [2.75, 3.05) is 12.3 Å². The average molecular weight is 330 g/mol. The number of benzene rings is 1. The molecule has 1 aromatic heterocycles. The van der Waals surface area contributed by atoms with Gasteiger partial charge >= 0.3 is 0 Å². The first-order chi connectivity index (χ1) is 9.66. The number of hydrogen-bond acceptors (Lipinski definition) is 3. The summed E-state index contributed by atoms with van der Waals surface area (Å²) >= 11 is 9.20. The first kappa shape index (κ1) is 15.4. The van der Waals surface area contributed by atoms with Gasteiger partial charge in [-0.05, 0) is 29.6 Å². The molecule has 0 aliphatic carbocycles. The average Bonchev–Trinajstić information content (AvgIpc) is 2.94. The number of thiophene rings is 1. The van der Waals surface area contributed by atoms with Crippen LogP contribution in [0.1, 0.15) is 15.2 Å². The molecule has 0 saturated carbocycles. The summed E-state index contributed by atoms with van der Waals surface area (Å²) < 4.78 is 13.5.